The molecule has 0 radical (unpaired) electrons. The van der Waals surface area contributed by atoms with Crippen molar-refractivity contribution in [3.05, 3.63) is 35.9 Å². The molecule has 1 rings (SSSR count). The summed E-state index contributed by atoms with van der Waals surface area (Å²) in [6, 6.07) is 9.75. The van der Waals surface area contributed by atoms with Gasteiger partial charge in [0.1, 0.15) is 0 Å². The fourth-order valence-electron chi connectivity index (χ4n) is 2.30. The molecule has 0 atom stereocenters. The zero-order valence-electron chi connectivity index (χ0n) is 13.7. The first-order chi connectivity index (χ1) is 10.4. The van der Waals surface area contributed by atoms with Crippen LogP contribution in [0.4, 0.5) is 0 Å². The Morgan fingerprint density at radius 1 is 1.05 bits per heavy atom. The summed E-state index contributed by atoms with van der Waals surface area (Å²) in [5.41, 5.74) is 1.09. The SMILES string of the molecule is CCN(CC)C(=O)CCN(CCc1ccccc1)S(C)(=O)=O. The standard InChI is InChI=1S/C16H26N2O3S/c1-4-17(5-2)16(19)12-14-18(22(3,20)21)13-11-15-9-7-6-8-10-15/h6-10H,4-5,11-14H2,1-3H3. The fourth-order valence-corrected chi connectivity index (χ4v) is 3.14. The molecule has 0 spiro atoms. The van der Waals surface area contributed by atoms with Crippen molar-refractivity contribution in [2.75, 3.05) is 32.4 Å². The zero-order chi connectivity index (χ0) is 16.6. The Morgan fingerprint density at radius 3 is 2.14 bits per heavy atom. The van der Waals surface area contributed by atoms with Crippen LogP contribution in [0.5, 0.6) is 0 Å². The first-order valence-electron chi connectivity index (χ1n) is 7.65. The minimum absolute atomic E-state index is 0.00152. The van der Waals surface area contributed by atoms with E-state index >= 15 is 0 Å². The molecule has 0 aliphatic heterocycles. The van der Waals surface area contributed by atoms with E-state index in [1.165, 1.54) is 10.6 Å². The van der Waals surface area contributed by atoms with E-state index in [2.05, 4.69) is 0 Å². The summed E-state index contributed by atoms with van der Waals surface area (Å²) in [4.78, 5) is 13.7. The van der Waals surface area contributed by atoms with Crippen molar-refractivity contribution in [3.8, 4) is 0 Å². The topological polar surface area (TPSA) is 57.7 Å². The molecule has 5 nitrogen and oxygen atoms in total. The van der Waals surface area contributed by atoms with E-state index in [4.69, 9.17) is 0 Å². The van der Waals surface area contributed by atoms with Crippen LogP contribution < -0.4 is 0 Å². The maximum atomic E-state index is 12.0. The van der Waals surface area contributed by atoms with Crippen LogP contribution in [0.3, 0.4) is 0 Å². The van der Waals surface area contributed by atoms with Crippen molar-refractivity contribution < 1.29 is 13.2 Å². The molecular formula is C16H26N2O3S. The van der Waals surface area contributed by atoms with E-state index in [-0.39, 0.29) is 18.9 Å². The van der Waals surface area contributed by atoms with Gasteiger partial charge in [-0.3, -0.25) is 4.79 Å². The molecule has 22 heavy (non-hydrogen) atoms. The summed E-state index contributed by atoms with van der Waals surface area (Å²) < 4.78 is 25.1. The normalized spacial score (nSPS) is 11.6. The van der Waals surface area contributed by atoms with Crippen LogP contribution >= 0.6 is 0 Å². The largest absolute Gasteiger partial charge is 0.343 e. The predicted molar refractivity (Wildman–Crippen MR) is 89.1 cm³/mol. The lowest BCUT2D eigenvalue weighted by atomic mass is 10.1. The predicted octanol–water partition coefficient (Wildman–Crippen LogP) is 1.75. The zero-order valence-corrected chi connectivity index (χ0v) is 14.5. The van der Waals surface area contributed by atoms with Gasteiger partial charge < -0.3 is 4.90 Å². The molecule has 0 fully saturated rings. The Kier molecular flexibility index (Phi) is 7.55. The van der Waals surface area contributed by atoms with Crippen LogP contribution in [0.25, 0.3) is 0 Å². The number of benzene rings is 1. The number of rotatable bonds is 9. The number of nitrogens with zero attached hydrogens (tertiary/aromatic N) is 2. The molecule has 6 heteroatoms. The number of carbonyl (C=O) groups is 1. The number of hydrogen-bond acceptors (Lipinski definition) is 3. The highest BCUT2D eigenvalue weighted by atomic mass is 32.2. The molecule has 0 aliphatic carbocycles. The Morgan fingerprint density at radius 2 is 1.64 bits per heavy atom. The molecule has 0 bridgehead atoms. The molecule has 0 saturated carbocycles. The van der Waals surface area contributed by atoms with Crippen molar-refractivity contribution in [2.45, 2.75) is 26.7 Å². The first-order valence-corrected chi connectivity index (χ1v) is 9.50. The minimum atomic E-state index is -3.31. The van der Waals surface area contributed by atoms with Gasteiger partial charge in [0.2, 0.25) is 15.9 Å². The van der Waals surface area contributed by atoms with E-state index in [1.54, 1.807) is 4.90 Å². The van der Waals surface area contributed by atoms with Crippen molar-refractivity contribution in [3.63, 3.8) is 0 Å². The van der Waals surface area contributed by atoms with Crippen molar-refractivity contribution in [2.24, 2.45) is 0 Å². The second-order valence-corrected chi connectivity index (χ2v) is 7.20. The highest BCUT2D eigenvalue weighted by molar-refractivity contribution is 7.88. The molecule has 0 aliphatic rings. The molecule has 124 valence electrons. The van der Waals surface area contributed by atoms with Gasteiger partial charge >= 0.3 is 0 Å². The third-order valence-corrected chi connectivity index (χ3v) is 4.96. The Hall–Kier alpha value is -1.40. The summed E-state index contributed by atoms with van der Waals surface area (Å²) in [5, 5.41) is 0. The lowest BCUT2D eigenvalue weighted by Crippen LogP contribution is -2.37. The average Bonchev–Trinajstić information content (AvgIpc) is 2.48. The summed E-state index contributed by atoms with van der Waals surface area (Å²) in [5.74, 6) is -0.00152. The van der Waals surface area contributed by atoms with Gasteiger partial charge in [-0.15, -0.1) is 0 Å². The summed E-state index contributed by atoms with van der Waals surface area (Å²) >= 11 is 0. The lowest BCUT2D eigenvalue weighted by molar-refractivity contribution is -0.130. The maximum absolute atomic E-state index is 12.0. The number of amides is 1. The quantitative estimate of drug-likeness (QED) is 0.695. The number of carbonyl (C=O) groups excluding carboxylic acids is 1. The van der Waals surface area contributed by atoms with Gasteiger partial charge in [0.05, 0.1) is 6.26 Å². The molecule has 0 aromatic heterocycles. The molecular weight excluding hydrogens is 300 g/mol. The maximum Gasteiger partial charge on any atom is 0.223 e. The van der Waals surface area contributed by atoms with E-state index in [9.17, 15) is 13.2 Å². The minimum Gasteiger partial charge on any atom is -0.343 e. The van der Waals surface area contributed by atoms with Crippen LogP contribution in [0, 0.1) is 0 Å². The van der Waals surface area contributed by atoms with Gasteiger partial charge in [0.25, 0.3) is 0 Å². The molecule has 1 aromatic rings. The van der Waals surface area contributed by atoms with Crippen molar-refractivity contribution >= 4 is 15.9 Å². The van der Waals surface area contributed by atoms with Crippen LogP contribution in [0.15, 0.2) is 30.3 Å². The highest BCUT2D eigenvalue weighted by Gasteiger charge is 2.19. The van der Waals surface area contributed by atoms with Gasteiger partial charge in [0, 0.05) is 32.6 Å². The molecule has 1 aromatic carbocycles. The molecule has 0 saturated heterocycles. The molecule has 0 heterocycles. The summed E-state index contributed by atoms with van der Waals surface area (Å²) in [7, 11) is -3.31. The highest BCUT2D eigenvalue weighted by Crippen LogP contribution is 2.06. The lowest BCUT2D eigenvalue weighted by Gasteiger charge is -2.23. The average molecular weight is 326 g/mol. The smallest absolute Gasteiger partial charge is 0.223 e. The summed E-state index contributed by atoms with van der Waals surface area (Å²) in [6.45, 7) is 5.78. The monoisotopic (exact) mass is 326 g/mol. The van der Waals surface area contributed by atoms with Crippen LogP contribution in [-0.2, 0) is 21.2 Å². The van der Waals surface area contributed by atoms with Gasteiger partial charge in [-0.2, -0.15) is 0 Å². The van der Waals surface area contributed by atoms with E-state index in [0.29, 0.717) is 26.1 Å². The molecule has 0 N–H and O–H groups in total. The van der Waals surface area contributed by atoms with Crippen molar-refractivity contribution in [1.82, 2.24) is 9.21 Å². The van der Waals surface area contributed by atoms with Gasteiger partial charge in [-0.1, -0.05) is 30.3 Å². The van der Waals surface area contributed by atoms with Crippen LogP contribution in [-0.4, -0.2) is 56.0 Å². The Bertz CT molecular complexity index is 554. The third kappa shape index (κ3) is 6.15. The van der Waals surface area contributed by atoms with Crippen LogP contribution in [0.2, 0.25) is 0 Å². The Balaban J connectivity index is 2.61. The van der Waals surface area contributed by atoms with Gasteiger partial charge in [-0.25, -0.2) is 12.7 Å². The number of hydrogen-bond donors (Lipinski definition) is 0. The Labute approximate surface area is 134 Å². The first kappa shape index (κ1) is 18.6. The van der Waals surface area contributed by atoms with Crippen molar-refractivity contribution in [1.29, 1.82) is 0 Å². The fraction of sp³-hybridized carbons (Fsp3) is 0.562. The second-order valence-electron chi connectivity index (χ2n) is 5.21. The summed E-state index contributed by atoms with van der Waals surface area (Å²) in [6.07, 6.45) is 2.07. The second kappa shape index (κ2) is 8.90. The van der Waals surface area contributed by atoms with E-state index in [0.717, 1.165) is 5.56 Å². The van der Waals surface area contributed by atoms with Crippen LogP contribution in [0.1, 0.15) is 25.8 Å². The molecule has 0 unspecified atom stereocenters. The van der Waals surface area contributed by atoms with Gasteiger partial charge in [0.15, 0.2) is 0 Å². The van der Waals surface area contributed by atoms with E-state index in [1.807, 2.05) is 44.2 Å². The third-order valence-electron chi connectivity index (χ3n) is 3.65. The van der Waals surface area contributed by atoms with E-state index < -0.39 is 10.0 Å². The molecule has 1 amide bonds. The van der Waals surface area contributed by atoms with Gasteiger partial charge in [-0.05, 0) is 25.8 Å². The number of sulfonamides is 1.